The Balaban J connectivity index is 1.98. The van der Waals surface area contributed by atoms with Gasteiger partial charge in [0.25, 0.3) is 0 Å². The third-order valence-corrected chi connectivity index (χ3v) is 2.56. The molecule has 2 nitrogen and oxygen atoms in total. The lowest BCUT2D eigenvalue weighted by Crippen LogP contribution is -2.30. The fraction of sp³-hybridized carbons (Fsp3) is 0.273. The number of carbonyl (C=O) groups excluding carboxylic acids is 1. The summed E-state index contributed by atoms with van der Waals surface area (Å²) in [6.07, 6.45) is 2.01. The van der Waals surface area contributed by atoms with E-state index in [0.717, 1.165) is 18.4 Å². The van der Waals surface area contributed by atoms with Crippen molar-refractivity contribution in [3.8, 4) is 0 Å². The van der Waals surface area contributed by atoms with Gasteiger partial charge in [-0.1, -0.05) is 42.5 Å². The molecule has 0 atom stereocenters. The molecular formula is C11H11NOS. The molecule has 0 bridgehead atoms. The van der Waals surface area contributed by atoms with Crippen LogP contribution in [0.15, 0.2) is 30.3 Å². The summed E-state index contributed by atoms with van der Waals surface area (Å²) in [6.45, 7) is 0. The fourth-order valence-electron chi connectivity index (χ4n) is 1.22. The number of carbonyl (C=O) groups is 1. The van der Waals surface area contributed by atoms with Crippen LogP contribution in [0.2, 0.25) is 0 Å². The average molecular weight is 205 g/mol. The maximum Gasteiger partial charge on any atom is 0.228 e. The highest BCUT2D eigenvalue weighted by atomic mass is 32.1. The van der Waals surface area contributed by atoms with Gasteiger partial charge in [0.1, 0.15) is 4.99 Å². The van der Waals surface area contributed by atoms with Gasteiger partial charge in [-0.15, -0.1) is 0 Å². The van der Waals surface area contributed by atoms with E-state index >= 15 is 0 Å². The molecule has 3 heteroatoms. The Hall–Kier alpha value is -1.22. The van der Waals surface area contributed by atoms with Gasteiger partial charge in [-0.25, -0.2) is 0 Å². The molecule has 0 spiro atoms. The lowest BCUT2D eigenvalue weighted by Gasteiger charge is -2.05. The van der Waals surface area contributed by atoms with Crippen LogP contribution in [-0.4, -0.2) is 10.9 Å². The molecule has 72 valence electrons. The first-order valence-corrected chi connectivity index (χ1v) is 5.08. The molecular weight excluding hydrogens is 194 g/mol. The van der Waals surface area contributed by atoms with Gasteiger partial charge in [-0.2, -0.15) is 0 Å². The molecule has 1 aromatic carbocycles. The summed E-state index contributed by atoms with van der Waals surface area (Å²) >= 11 is 5.11. The van der Waals surface area contributed by atoms with Crippen LogP contribution in [-0.2, 0) is 4.79 Å². The molecule has 1 amide bonds. The highest BCUT2D eigenvalue weighted by molar-refractivity contribution is 7.80. The van der Waals surface area contributed by atoms with Gasteiger partial charge >= 0.3 is 0 Å². The second-order valence-corrected chi connectivity index (χ2v) is 3.87. The van der Waals surface area contributed by atoms with E-state index in [-0.39, 0.29) is 11.8 Å². The first kappa shape index (κ1) is 9.34. The molecule has 2 rings (SSSR count). The molecule has 0 unspecified atom stereocenters. The van der Waals surface area contributed by atoms with Crippen molar-refractivity contribution in [1.82, 2.24) is 5.32 Å². The lowest BCUT2D eigenvalue weighted by molar-refractivity contribution is -0.120. The molecule has 1 N–H and O–H groups in total. The highest BCUT2D eigenvalue weighted by Crippen LogP contribution is 2.28. The average Bonchev–Trinajstić information content (AvgIpc) is 3.02. The fourth-order valence-corrected chi connectivity index (χ4v) is 1.46. The second kappa shape index (κ2) is 3.88. The van der Waals surface area contributed by atoms with Crippen LogP contribution in [0.5, 0.6) is 0 Å². The highest BCUT2D eigenvalue weighted by Gasteiger charge is 2.30. The third-order valence-electron chi connectivity index (χ3n) is 2.22. The van der Waals surface area contributed by atoms with E-state index in [2.05, 4.69) is 5.32 Å². The van der Waals surface area contributed by atoms with E-state index < -0.39 is 0 Å². The molecule has 0 aliphatic heterocycles. The summed E-state index contributed by atoms with van der Waals surface area (Å²) in [4.78, 5) is 11.9. The molecule has 14 heavy (non-hydrogen) atoms. The van der Waals surface area contributed by atoms with Gasteiger partial charge in [-0.3, -0.25) is 4.79 Å². The first-order valence-electron chi connectivity index (χ1n) is 4.67. The van der Waals surface area contributed by atoms with Gasteiger partial charge in [0.2, 0.25) is 5.91 Å². The van der Waals surface area contributed by atoms with Gasteiger partial charge in [0, 0.05) is 11.5 Å². The minimum absolute atomic E-state index is 0.0684. The molecule has 1 fully saturated rings. The van der Waals surface area contributed by atoms with Crippen molar-refractivity contribution in [2.75, 3.05) is 0 Å². The number of rotatable bonds is 2. The molecule has 0 saturated heterocycles. The van der Waals surface area contributed by atoms with E-state index in [1.165, 1.54) is 0 Å². The number of thiocarbonyl (C=S) groups is 1. The minimum atomic E-state index is 0.0684. The van der Waals surface area contributed by atoms with E-state index in [4.69, 9.17) is 12.2 Å². The standard InChI is InChI=1S/C11H11NOS/c13-10(8-6-7-8)12-11(14)9-4-2-1-3-5-9/h1-5,8H,6-7H2,(H,12,13,14). The van der Waals surface area contributed by atoms with Gasteiger partial charge in [0.15, 0.2) is 0 Å². The topological polar surface area (TPSA) is 29.1 Å². The maximum absolute atomic E-state index is 11.4. The summed E-state index contributed by atoms with van der Waals surface area (Å²) in [5, 5.41) is 2.75. The van der Waals surface area contributed by atoms with Gasteiger partial charge in [-0.05, 0) is 12.8 Å². The Morgan fingerprint density at radius 2 is 1.93 bits per heavy atom. The van der Waals surface area contributed by atoms with Gasteiger partial charge < -0.3 is 5.32 Å². The zero-order valence-electron chi connectivity index (χ0n) is 7.69. The van der Waals surface area contributed by atoms with Crippen molar-refractivity contribution in [1.29, 1.82) is 0 Å². The van der Waals surface area contributed by atoms with E-state index in [0.29, 0.717) is 4.99 Å². The Bertz CT molecular complexity index is 357. The van der Waals surface area contributed by atoms with Crippen LogP contribution in [0.3, 0.4) is 0 Å². The summed E-state index contributed by atoms with van der Waals surface area (Å²) in [5.74, 6) is 0.274. The summed E-state index contributed by atoms with van der Waals surface area (Å²) in [6, 6.07) is 9.54. The van der Waals surface area contributed by atoms with Crippen molar-refractivity contribution < 1.29 is 4.79 Å². The Morgan fingerprint density at radius 1 is 1.29 bits per heavy atom. The first-order chi connectivity index (χ1) is 6.77. The van der Waals surface area contributed by atoms with Crippen LogP contribution in [0.1, 0.15) is 18.4 Å². The van der Waals surface area contributed by atoms with Crippen molar-refractivity contribution in [2.24, 2.45) is 5.92 Å². The monoisotopic (exact) mass is 205 g/mol. The van der Waals surface area contributed by atoms with E-state index in [1.807, 2.05) is 30.3 Å². The molecule has 0 aromatic heterocycles. The van der Waals surface area contributed by atoms with Crippen LogP contribution in [0.25, 0.3) is 0 Å². The molecule has 1 saturated carbocycles. The predicted octanol–water partition coefficient (Wildman–Crippen LogP) is 1.89. The Morgan fingerprint density at radius 3 is 2.50 bits per heavy atom. The zero-order valence-corrected chi connectivity index (χ0v) is 8.51. The second-order valence-electron chi connectivity index (χ2n) is 3.46. The quantitative estimate of drug-likeness (QED) is 0.747. The molecule has 1 aliphatic carbocycles. The van der Waals surface area contributed by atoms with Crippen molar-refractivity contribution in [3.63, 3.8) is 0 Å². The maximum atomic E-state index is 11.4. The summed E-state index contributed by atoms with van der Waals surface area (Å²) < 4.78 is 0. The van der Waals surface area contributed by atoms with Crippen LogP contribution in [0, 0.1) is 5.92 Å². The number of amides is 1. The van der Waals surface area contributed by atoms with Crippen LogP contribution < -0.4 is 5.32 Å². The summed E-state index contributed by atoms with van der Waals surface area (Å²) in [5.41, 5.74) is 0.900. The van der Waals surface area contributed by atoms with Crippen molar-refractivity contribution in [3.05, 3.63) is 35.9 Å². The van der Waals surface area contributed by atoms with Crippen molar-refractivity contribution >= 4 is 23.1 Å². The minimum Gasteiger partial charge on any atom is -0.316 e. The van der Waals surface area contributed by atoms with Crippen molar-refractivity contribution in [2.45, 2.75) is 12.8 Å². The van der Waals surface area contributed by atoms with E-state index in [9.17, 15) is 4.79 Å². The molecule has 0 radical (unpaired) electrons. The molecule has 0 heterocycles. The molecule has 1 aromatic rings. The number of benzene rings is 1. The Kier molecular flexibility index (Phi) is 2.59. The third kappa shape index (κ3) is 2.17. The smallest absolute Gasteiger partial charge is 0.228 e. The summed E-state index contributed by atoms with van der Waals surface area (Å²) in [7, 11) is 0. The molecule has 1 aliphatic rings. The number of hydrogen-bond acceptors (Lipinski definition) is 2. The predicted molar refractivity (Wildman–Crippen MR) is 59.0 cm³/mol. The zero-order chi connectivity index (χ0) is 9.97. The normalized spacial score (nSPS) is 14.9. The van der Waals surface area contributed by atoms with Gasteiger partial charge in [0.05, 0.1) is 0 Å². The van der Waals surface area contributed by atoms with Crippen LogP contribution in [0.4, 0.5) is 0 Å². The largest absolute Gasteiger partial charge is 0.316 e. The Labute approximate surface area is 88.3 Å². The number of hydrogen-bond donors (Lipinski definition) is 1. The number of nitrogens with one attached hydrogen (secondary N) is 1. The lowest BCUT2D eigenvalue weighted by atomic mass is 10.2. The van der Waals surface area contributed by atoms with Crippen LogP contribution >= 0.6 is 12.2 Å². The SMILES string of the molecule is O=C(NC(=S)c1ccccc1)C1CC1. The van der Waals surface area contributed by atoms with E-state index in [1.54, 1.807) is 0 Å².